The molecule has 0 saturated heterocycles. The zero-order valence-corrected chi connectivity index (χ0v) is 12.0. The molecule has 1 aromatic rings. The van der Waals surface area contributed by atoms with Crippen LogP contribution in [0.3, 0.4) is 0 Å². The number of nitrogens with zero attached hydrogens (tertiary/aromatic N) is 1. The lowest BCUT2D eigenvalue weighted by Crippen LogP contribution is -2.45. The van der Waals surface area contributed by atoms with E-state index in [0.717, 1.165) is 23.2 Å². The highest BCUT2D eigenvalue weighted by Crippen LogP contribution is 2.52. The summed E-state index contributed by atoms with van der Waals surface area (Å²) in [5.41, 5.74) is 1.87. The molecule has 0 unspecified atom stereocenters. The van der Waals surface area contributed by atoms with Crippen LogP contribution in [0.5, 0.6) is 0 Å². The molecule has 0 heterocycles. The van der Waals surface area contributed by atoms with Crippen molar-refractivity contribution in [3.05, 3.63) is 30.3 Å². The highest BCUT2D eigenvalue weighted by molar-refractivity contribution is 5.91. The molecule has 0 aliphatic heterocycles. The normalized spacial score (nSPS) is 32.9. The number of anilines is 1. The van der Waals surface area contributed by atoms with E-state index in [4.69, 9.17) is 4.84 Å². The minimum Gasteiger partial charge on any atom is -0.298 e. The molecule has 4 bridgehead atoms. The highest BCUT2D eigenvalue weighted by atomic mass is 16.7. The van der Waals surface area contributed by atoms with Gasteiger partial charge in [0.2, 0.25) is 0 Å². The Hall–Kier alpha value is -1.84. The van der Waals surface area contributed by atoms with E-state index in [0.29, 0.717) is 11.8 Å². The van der Waals surface area contributed by atoms with Gasteiger partial charge in [0.15, 0.2) is 0 Å². The Morgan fingerprint density at radius 1 is 1.00 bits per heavy atom. The number of carbonyl (C=O) groups is 1. The monoisotopic (exact) mass is 284 g/mol. The Kier molecular flexibility index (Phi) is 3.17. The van der Waals surface area contributed by atoms with Crippen LogP contribution in [-0.2, 0) is 4.84 Å². The van der Waals surface area contributed by atoms with Gasteiger partial charge in [0.1, 0.15) is 0 Å². The maximum absolute atomic E-state index is 11.8. The lowest BCUT2D eigenvalue weighted by atomic mass is 9.55. The molecule has 4 nitrogen and oxygen atoms in total. The zero-order chi connectivity index (χ0) is 14.2. The number of para-hydroxylation sites is 1. The van der Waals surface area contributed by atoms with E-state index in [2.05, 4.69) is 10.5 Å². The number of hydrogen-bond donors (Lipinski definition) is 1. The van der Waals surface area contributed by atoms with Gasteiger partial charge in [-0.05, 0) is 56.1 Å². The fraction of sp³-hybridized carbons (Fsp3) is 0.529. The van der Waals surface area contributed by atoms with Crippen molar-refractivity contribution >= 4 is 17.5 Å². The maximum atomic E-state index is 11.8. The van der Waals surface area contributed by atoms with Gasteiger partial charge in [-0.25, -0.2) is 4.79 Å². The van der Waals surface area contributed by atoms with Crippen molar-refractivity contribution < 1.29 is 9.63 Å². The van der Waals surface area contributed by atoms with Crippen molar-refractivity contribution in [2.24, 2.45) is 28.8 Å². The summed E-state index contributed by atoms with van der Waals surface area (Å²) in [4.78, 5) is 16.9. The van der Waals surface area contributed by atoms with Crippen LogP contribution in [0.2, 0.25) is 0 Å². The van der Waals surface area contributed by atoms with Gasteiger partial charge in [-0.3, -0.25) is 10.2 Å². The number of carbonyl (C=O) groups excluding carboxylic acids is 1. The quantitative estimate of drug-likeness (QED) is 0.658. The number of amides is 1. The lowest BCUT2D eigenvalue weighted by molar-refractivity contribution is 0.0999. The molecule has 0 radical (unpaired) electrons. The summed E-state index contributed by atoms with van der Waals surface area (Å²) >= 11 is 0. The topological polar surface area (TPSA) is 50.7 Å². The molecule has 110 valence electrons. The lowest BCUT2D eigenvalue weighted by Gasteiger charge is -2.49. The van der Waals surface area contributed by atoms with E-state index in [1.165, 1.54) is 32.1 Å². The minimum atomic E-state index is -0.498. The van der Waals surface area contributed by atoms with Gasteiger partial charge in [-0.15, -0.1) is 0 Å². The molecule has 4 heteroatoms. The zero-order valence-electron chi connectivity index (χ0n) is 12.0. The van der Waals surface area contributed by atoms with Crippen LogP contribution in [0.25, 0.3) is 0 Å². The largest absolute Gasteiger partial charge is 0.437 e. The third-order valence-corrected chi connectivity index (χ3v) is 5.23. The molecule has 1 amide bonds. The summed E-state index contributed by atoms with van der Waals surface area (Å²) in [6.07, 6.45) is 5.90. The molecular formula is C17H20N2O2. The molecular weight excluding hydrogens is 264 g/mol. The smallest absolute Gasteiger partial charge is 0.298 e. The Bertz CT molecular complexity index is 537. The number of nitrogens with one attached hydrogen (secondary N) is 1. The molecule has 5 rings (SSSR count). The van der Waals surface area contributed by atoms with Crippen molar-refractivity contribution in [1.82, 2.24) is 0 Å². The van der Waals surface area contributed by atoms with E-state index in [9.17, 15) is 4.79 Å². The Labute approximate surface area is 124 Å². The molecule has 0 aromatic heterocycles. The number of hydrogen-bond acceptors (Lipinski definition) is 3. The van der Waals surface area contributed by atoms with Crippen molar-refractivity contribution in [3.8, 4) is 0 Å². The van der Waals surface area contributed by atoms with Gasteiger partial charge in [0, 0.05) is 17.5 Å². The van der Waals surface area contributed by atoms with E-state index in [1.807, 2.05) is 30.3 Å². The van der Waals surface area contributed by atoms with Crippen LogP contribution >= 0.6 is 0 Å². The summed E-state index contributed by atoms with van der Waals surface area (Å²) in [5.74, 6) is 2.91. The summed E-state index contributed by atoms with van der Waals surface area (Å²) in [6, 6.07) is 9.32. The second kappa shape index (κ2) is 5.17. The standard InChI is InChI=1S/C17H20N2O2/c20-17(18-15-4-2-1-3-5-15)21-19-16-13-7-11-6-12(9-13)10-14(16)8-11/h1-5,11-14H,6-10H2,(H,18,20). The van der Waals surface area contributed by atoms with Gasteiger partial charge in [0.25, 0.3) is 0 Å². The maximum Gasteiger partial charge on any atom is 0.437 e. The molecule has 1 aromatic carbocycles. The van der Waals surface area contributed by atoms with Crippen LogP contribution in [-0.4, -0.2) is 11.8 Å². The van der Waals surface area contributed by atoms with Gasteiger partial charge >= 0.3 is 6.09 Å². The first kappa shape index (κ1) is 12.9. The van der Waals surface area contributed by atoms with E-state index >= 15 is 0 Å². The van der Waals surface area contributed by atoms with Crippen molar-refractivity contribution in [2.45, 2.75) is 32.1 Å². The van der Waals surface area contributed by atoms with Crippen molar-refractivity contribution in [1.29, 1.82) is 0 Å². The average molecular weight is 284 g/mol. The highest BCUT2D eigenvalue weighted by Gasteiger charge is 2.46. The third-order valence-electron chi connectivity index (χ3n) is 5.23. The van der Waals surface area contributed by atoms with Gasteiger partial charge in [-0.1, -0.05) is 23.4 Å². The molecule has 21 heavy (non-hydrogen) atoms. The SMILES string of the molecule is O=C(Nc1ccccc1)ON=C1C2CC3CC(C2)CC1C3. The predicted molar refractivity (Wildman–Crippen MR) is 81.0 cm³/mol. The molecule has 1 N–H and O–H groups in total. The van der Waals surface area contributed by atoms with Crippen LogP contribution in [0.15, 0.2) is 35.5 Å². The summed E-state index contributed by atoms with van der Waals surface area (Å²) in [5, 5.41) is 6.92. The molecule has 4 aliphatic rings. The Morgan fingerprint density at radius 3 is 2.24 bits per heavy atom. The van der Waals surface area contributed by atoms with E-state index in [-0.39, 0.29) is 0 Å². The minimum absolute atomic E-state index is 0.498. The fourth-order valence-corrected chi connectivity index (χ4v) is 4.57. The molecule has 0 spiro atoms. The predicted octanol–water partition coefficient (Wildman–Crippen LogP) is 4.05. The first-order valence-corrected chi connectivity index (χ1v) is 7.88. The number of oxime groups is 1. The van der Waals surface area contributed by atoms with Crippen LogP contribution in [0.4, 0.5) is 10.5 Å². The molecule has 0 atom stereocenters. The van der Waals surface area contributed by atoms with E-state index in [1.54, 1.807) is 0 Å². The van der Waals surface area contributed by atoms with Gasteiger partial charge < -0.3 is 0 Å². The van der Waals surface area contributed by atoms with Crippen LogP contribution in [0, 0.1) is 23.7 Å². The second-order valence-electron chi connectivity index (χ2n) is 6.69. The Balaban J connectivity index is 1.40. The van der Waals surface area contributed by atoms with Crippen LogP contribution in [0.1, 0.15) is 32.1 Å². The summed E-state index contributed by atoms with van der Waals surface area (Å²) in [7, 11) is 0. The molecule has 4 fully saturated rings. The first-order chi connectivity index (χ1) is 10.3. The third kappa shape index (κ3) is 2.55. The first-order valence-electron chi connectivity index (χ1n) is 7.88. The van der Waals surface area contributed by atoms with Gasteiger partial charge in [0.05, 0.1) is 5.71 Å². The molecule has 4 saturated carbocycles. The van der Waals surface area contributed by atoms with E-state index < -0.39 is 6.09 Å². The molecule has 4 aliphatic carbocycles. The van der Waals surface area contributed by atoms with Gasteiger partial charge in [-0.2, -0.15) is 0 Å². The number of rotatable bonds is 2. The van der Waals surface area contributed by atoms with Crippen LogP contribution < -0.4 is 5.32 Å². The summed E-state index contributed by atoms with van der Waals surface area (Å²) in [6.45, 7) is 0. The number of benzene rings is 1. The summed E-state index contributed by atoms with van der Waals surface area (Å²) < 4.78 is 0. The average Bonchev–Trinajstić information content (AvgIpc) is 2.47. The Morgan fingerprint density at radius 2 is 1.62 bits per heavy atom. The van der Waals surface area contributed by atoms with Crippen molar-refractivity contribution in [3.63, 3.8) is 0 Å². The second-order valence-corrected chi connectivity index (χ2v) is 6.69. The van der Waals surface area contributed by atoms with Crippen molar-refractivity contribution in [2.75, 3.05) is 5.32 Å². The fourth-order valence-electron chi connectivity index (χ4n) is 4.57.